The van der Waals surface area contributed by atoms with Gasteiger partial charge in [0.25, 0.3) is 11.8 Å². The third-order valence-electron chi connectivity index (χ3n) is 5.88. The number of benzene rings is 2. The van der Waals surface area contributed by atoms with Crippen LogP contribution in [-0.2, 0) is 14.4 Å². The van der Waals surface area contributed by atoms with E-state index < -0.39 is 23.7 Å². The first-order chi connectivity index (χ1) is 14.6. The zero-order valence-electron chi connectivity index (χ0n) is 16.5. The molecule has 1 atom stereocenters. The lowest BCUT2D eigenvalue weighted by atomic mass is 10.0. The van der Waals surface area contributed by atoms with E-state index in [0.29, 0.717) is 23.8 Å². The molecule has 1 aliphatic carbocycles. The molecule has 1 fully saturated rings. The lowest BCUT2D eigenvalue weighted by Crippen LogP contribution is -2.44. The van der Waals surface area contributed by atoms with E-state index in [4.69, 9.17) is 0 Å². The Bertz CT molecular complexity index is 1010. The van der Waals surface area contributed by atoms with Crippen LogP contribution in [-0.4, -0.2) is 30.5 Å². The van der Waals surface area contributed by atoms with Gasteiger partial charge in [-0.1, -0.05) is 49.9 Å². The van der Waals surface area contributed by atoms with E-state index in [0.717, 1.165) is 24.2 Å². The molecule has 1 heterocycles. The molecule has 2 aromatic rings. The van der Waals surface area contributed by atoms with Gasteiger partial charge in [0.05, 0.1) is 17.1 Å². The molecule has 0 saturated heterocycles. The molecule has 2 aliphatic rings. The lowest BCUT2D eigenvalue weighted by Gasteiger charge is -2.26. The van der Waals surface area contributed by atoms with Gasteiger partial charge in [-0.3, -0.25) is 14.5 Å². The summed E-state index contributed by atoms with van der Waals surface area (Å²) < 4.78 is 14.6. The summed E-state index contributed by atoms with van der Waals surface area (Å²) in [6.07, 6.45) is 6.76. The Kier molecular flexibility index (Phi) is 5.72. The van der Waals surface area contributed by atoms with Gasteiger partial charge in [-0.05, 0) is 36.6 Å². The summed E-state index contributed by atoms with van der Waals surface area (Å²) in [5.41, 5.74) is 0.892. The summed E-state index contributed by atoms with van der Waals surface area (Å²) >= 11 is 0. The topological polar surface area (TPSA) is 70.1 Å². The standard InChI is InChI=1S/C23H22FN3O3/c24-17-9-3-4-10-18(17)27-20-12-6-5-11-19(20)26(14-13-16-7-1-2-8-16)22(29)21(23(27)30)25-15-28/h3-6,9-12,16,21H,1-2,7-8,13-14H2. The number of isocyanates is 1. The minimum atomic E-state index is -1.60. The highest BCUT2D eigenvalue weighted by Gasteiger charge is 2.41. The van der Waals surface area contributed by atoms with Crippen molar-refractivity contribution in [2.45, 2.75) is 38.1 Å². The van der Waals surface area contributed by atoms with Crippen LogP contribution in [0.2, 0.25) is 0 Å². The van der Waals surface area contributed by atoms with Crippen LogP contribution in [0.3, 0.4) is 0 Å². The molecular weight excluding hydrogens is 385 g/mol. The number of para-hydroxylation sites is 3. The van der Waals surface area contributed by atoms with Crippen LogP contribution in [0.1, 0.15) is 32.1 Å². The van der Waals surface area contributed by atoms with E-state index >= 15 is 0 Å². The van der Waals surface area contributed by atoms with Crippen molar-refractivity contribution in [1.82, 2.24) is 0 Å². The number of rotatable bonds is 5. The molecule has 2 amide bonds. The Morgan fingerprint density at radius 1 is 0.933 bits per heavy atom. The highest BCUT2D eigenvalue weighted by molar-refractivity contribution is 6.23. The van der Waals surface area contributed by atoms with Gasteiger partial charge >= 0.3 is 0 Å². The first-order valence-electron chi connectivity index (χ1n) is 10.2. The van der Waals surface area contributed by atoms with Crippen molar-refractivity contribution in [3.05, 3.63) is 54.3 Å². The van der Waals surface area contributed by atoms with Crippen molar-refractivity contribution < 1.29 is 18.8 Å². The molecule has 0 radical (unpaired) electrons. The molecule has 4 rings (SSSR count). The average Bonchev–Trinajstić information content (AvgIpc) is 3.25. The molecule has 1 unspecified atom stereocenters. The monoisotopic (exact) mass is 407 g/mol. The van der Waals surface area contributed by atoms with E-state index in [-0.39, 0.29) is 5.69 Å². The summed E-state index contributed by atoms with van der Waals surface area (Å²) in [6.45, 7) is 0.407. The Balaban J connectivity index is 1.82. The van der Waals surface area contributed by atoms with E-state index in [2.05, 4.69) is 4.99 Å². The number of hydrogen-bond donors (Lipinski definition) is 0. The maximum absolute atomic E-state index is 14.6. The molecule has 7 heteroatoms. The van der Waals surface area contributed by atoms with Crippen LogP contribution < -0.4 is 9.80 Å². The van der Waals surface area contributed by atoms with Gasteiger partial charge < -0.3 is 4.90 Å². The van der Waals surface area contributed by atoms with Gasteiger partial charge in [-0.2, -0.15) is 4.99 Å². The summed E-state index contributed by atoms with van der Waals surface area (Å²) in [7, 11) is 0. The second kappa shape index (κ2) is 8.59. The van der Waals surface area contributed by atoms with Crippen molar-refractivity contribution in [3.8, 4) is 0 Å². The third kappa shape index (κ3) is 3.64. The number of fused-ring (bicyclic) bond motifs is 1. The molecule has 154 valence electrons. The Labute approximate surface area is 174 Å². The van der Waals surface area contributed by atoms with Gasteiger partial charge in [0.2, 0.25) is 12.1 Å². The number of halogens is 1. The van der Waals surface area contributed by atoms with Crippen LogP contribution >= 0.6 is 0 Å². The van der Waals surface area contributed by atoms with Gasteiger partial charge in [-0.25, -0.2) is 9.18 Å². The predicted octanol–water partition coefficient (Wildman–Crippen LogP) is 4.12. The average molecular weight is 407 g/mol. The highest BCUT2D eigenvalue weighted by Crippen LogP contribution is 2.40. The van der Waals surface area contributed by atoms with Crippen molar-refractivity contribution in [2.24, 2.45) is 10.9 Å². The third-order valence-corrected chi connectivity index (χ3v) is 5.88. The number of amides is 2. The van der Waals surface area contributed by atoms with Gasteiger partial charge in [0, 0.05) is 6.54 Å². The van der Waals surface area contributed by atoms with E-state index in [1.807, 2.05) is 0 Å². The zero-order chi connectivity index (χ0) is 21.1. The molecule has 1 saturated carbocycles. The molecule has 2 aromatic carbocycles. The smallest absolute Gasteiger partial charge is 0.267 e. The summed E-state index contributed by atoms with van der Waals surface area (Å²) in [5.74, 6) is -1.45. The molecule has 30 heavy (non-hydrogen) atoms. The predicted molar refractivity (Wildman–Crippen MR) is 111 cm³/mol. The minimum absolute atomic E-state index is 0.00601. The number of hydrogen-bond acceptors (Lipinski definition) is 4. The first kappa shape index (κ1) is 20.0. The normalized spacial score (nSPS) is 19.4. The minimum Gasteiger partial charge on any atom is -0.308 e. The largest absolute Gasteiger partial charge is 0.308 e. The number of carbonyl (C=O) groups excluding carboxylic acids is 3. The zero-order valence-corrected chi connectivity index (χ0v) is 16.5. The molecule has 0 N–H and O–H groups in total. The molecule has 0 spiro atoms. The molecule has 1 aliphatic heterocycles. The van der Waals surface area contributed by atoms with Crippen LogP contribution in [0, 0.1) is 11.7 Å². The molecule has 0 bridgehead atoms. The maximum Gasteiger partial charge on any atom is 0.267 e. The number of nitrogens with zero attached hydrogens (tertiary/aromatic N) is 3. The summed E-state index contributed by atoms with van der Waals surface area (Å²) in [4.78, 5) is 43.8. The number of carbonyl (C=O) groups is 2. The molecule has 0 aromatic heterocycles. The van der Waals surface area contributed by atoms with Crippen LogP contribution in [0.15, 0.2) is 53.5 Å². The fraction of sp³-hybridized carbons (Fsp3) is 0.348. The lowest BCUT2D eigenvalue weighted by molar-refractivity contribution is -0.127. The Morgan fingerprint density at radius 3 is 2.23 bits per heavy atom. The molecular formula is C23H22FN3O3. The summed E-state index contributed by atoms with van der Waals surface area (Å²) in [6, 6.07) is 11.1. The van der Waals surface area contributed by atoms with Gasteiger partial charge in [-0.15, -0.1) is 0 Å². The maximum atomic E-state index is 14.6. The SMILES string of the molecule is O=C=NC1C(=O)N(CCC2CCCC2)c2ccccc2N(c2ccccc2F)C1=O. The van der Waals surface area contributed by atoms with Crippen molar-refractivity contribution >= 4 is 35.0 Å². The van der Waals surface area contributed by atoms with Crippen molar-refractivity contribution in [2.75, 3.05) is 16.3 Å². The van der Waals surface area contributed by atoms with Crippen LogP contribution in [0.4, 0.5) is 21.5 Å². The van der Waals surface area contributed by atoms with Crippen molar-refractivity contribution in [1.29, 1.82) is 0 Å². The van der Waals surface area contributed by atoms with Gasteiger partial charge in [0.1, 0.15) is 5.82 Å². The van der Waals surface area contributed by atoms with Crippen LogP contribution in [0.5, 0.6) is 0 Å². The Morgan fingerprint density at radius 2 is 1.57 bits per heavy atom. The number of aliphatic imine (C=N–C) groups is 1. The number of anilines is 3. The fourth-order valence-corrected chi connectivity index (χ4v) is 4.38. The quantitative estimate of drug-likeness (QED) is 0.425. The van der Waals surface area contributed by atoms with Crippen LogP contribution in [0.25, 0.3) is 0 Å². The van der Waals surface area contributed by atoms with E-state index in [9.17, 15) is 18.8 Å². The van der Waals surface area contributed by atoms with E-state index in [1.54, 1.807) is 30.3 Å². The van der Waals surface area contributed by atoms with E-state index in [1.165, 1.54) is 42.0 Å². The molecule has 6 nitrogen and oxygen atoms in total. The van der Waals surface area contributed by atoms with Crippen molar-refractivity contribution in [3.63, 3.8) is 0 Å². The highest BCUT2D eigenvalue weighted by atomic mass is 19.1. The van der Waals surface area contributed by atoms with Gasteiger partial charge in [0.15, 0.2) is 0 Å². The summed E-state index contributed by atoms with van der Waals surface area (Å²) in [5, 5.41) is 0. The second-order valence-corrected chi connectivity index (χ2v) is 7.67. The first-order valence-corrected chi connectivity index (χ1v) is 10.2. The second-order valence-electron chi connectivity index (χ2n) is 7.67. The fourth-order valence-electron chi connectivity index (χ4n) is 4.38. The Hall–Kier alpha value is -3.31.